The fourth-order valence-electron chi connectivity index (χ4n) is 3.28. The van der Waals surface area contributed by atoms with E-state index in [9.17, 15) is 0 Å². The van der Waals surface area contributed by atoms with Gasteiger partial charge in [0.15, 0.2) is 0 Å². The molecule has 0 aromatic carbocycles. The lowest BCUT2D eigenvalue weighted by molar-refractivity contribution is 0.125. The number of rotatable bonds is 4. The molecule has 0 nitrogen and oxygen atoms in total. The van der Waals surface area contributed by atoms with Crippen LogP contribution < -0.4 is 0 Å². The first kappa shape index (κ1) is 12.1. The average Bonchev–Trinajstić information content (AvgIpc) is 2.17. The molecule has 4 atom stereocenters. The van der Waals surface area contributed by atoms with Crippen molar-refractivity contribution in [2.75, 3.05) is 0 Å². The van der Waals surface area contributed by atoms with Crippen LogP contribution in [-0.4, -0.2) is 0 Å². The molecule has 1 aliphatic rings. The van der Waals surface area contributed by atoms with E-state index in [1.54, 1.807) is 0 Å². The fraction of sp³-hybridized carbons (Fsp3) is 1.00. The molecular weight excluding hydrogens is 168 g/mol. The molecule has 0 aromatic rings. The zero-order chi connectivity index (χ0) is 10.6. The lowest BCUT2D eigenvalue weighted by Crippen LogP contribution is -2.28. The summed E-state index contributed by atoms with van der Waals surface area (Å²) in [5.74, 6) is 4.03. The lowest BCUT2D eigenvalue weighted by Gasteiger charge is -2.38. The first-order valence-electron chi connectivity index (χ1n) is 6.69. The molecule has 0 amide bonds. The predicted molar refractivity (Wildman–Crippen MR) is 64.4 cm³/mol. The van der Waals surface area contributed by atoms with Gasteiger partial charge in [-0.25, -0.2) is 0 Å². The van der Waals surface area contributed by atoms with Gasteiger partial charge in [-0.05, 0) is 36.5 Å². The van der Waals surface area contributed by atoms with Gasteiger partial charge in [-0.2, -0.15) is 0 Å². The highest BCUT2D eigenvalue weighted by Gasteiger charge is 2.30. The lowest BCUT2D eigenvalue weighted by atomic mass is 9.68. The van der Waals surface area contributed by atoms with Crippen molar-refractivity contribution in [3.63, 3.8) is 0 Å². The van der Waals surface area contributed by atoms with Gasteiger partial charge < -0.3 is 0 Å². The minimum atomic E-state index is 0.957. The zero-order valence-corrected chi connectivity index (χ0v) is 10.6. The number of hydrogen-bond acceptors (Lipinski definition) is 0. The zero-order valence-electron chi connectivity index (χ0n) is 10.6. The van der Waals surface area contributed by atoms with Crippen LogP contribution in [0.3, 0.4) is 0 Å². The minimum Gasteiger partial charge on any atom is -0.0654 e. The van der Waals surface area contributed by atoms with Crippen LogP contribution in [0, 0.1) is 23.7 Å². The third-order valence-corrected chi connectivity index (χ3v) is 4.34. The van der Waals surface area contributed by atoms with Crippen molar-refractivity contribution in [1.29, 1.82) is 0 Å². The van der Waals surface area contributed by atoms with Gasteiger partial charge >= 0.3 is 0 Å². The van der Waals surface area contributed by atoms with Crippen molar-refractivity contribution < 1.29 is 0 Å². The highest BCUT2D eigenvalue weighted by atomic mass is 14.4. The number of hydrogen-bond donors (Lipinski definition) is 0. The molecule has 0 spiro atoms. The summed E-state index contributed by atoms with van der Waals surface area (Å²) in [6.07, 6.45) is 8.71. The molecule has 1 aliphatic carbocycles. The first-order chi connectivity index (χ1) is 6.69. The Kier molecular flexibility index (Phi) is 4.98. The Morgan fingerprint density at radius 1 is 1.21 bits per heavy atom. The molecule has 0 saturated heterocycles. The summed E-state index contributed by atoms with van der Waals surface area (Å²) in [5, 5.41) is 0. The maximum absolute atomic E-state index is 2.46. The van der Waals surface area contributed by atoms with Gasteiger partial charge in [0.2, 0.25) is 0 Å². The standard InChI is InChI=1S/C14H28/c1-5-7-13-10-11(3)8-9-14(13)12(4)6-2/h11-14H,5-10H2,1-4H3. The third kappa shape index (κ3) is 3.00. The van der Waals surface area contributed by atoms with Crippen LogP contribution in [0.1, 0.15) is 66.2 Å². The van der Waals surface area contributed by atoms with Crippen LogP contribution in [0.5, 0.6) is 0 Å². The Labute approximate surface area is 90.5 Å². The van der Waals surface area contributed by atoms with E-state index in [-0.39, 0.29) is 0 Å². The molecule has 0 bridgehead atoms. The van der Waals surface area contributed by atoms with Crippen molar-refractivity contribution in [1.82, 2.24) is 0 Å². The molecule has 0 aromatic heterocycles. The minimum absolute atomic E-state index is 0.957. The molecule has 1 rings (SSSR count). The molecule has 0 heteroatoms. The average molecular weight is 196 g/mol. The van der Waals surface area contributed by atoms with Crippen LogP contribution in [0.15, 0.2) is 0 Å². The second kappa shape index (κ2) is 5.78. The van der Waals surface area contributed by atoms with Crippen molar-refractivity contribution >= 4 is 0 Å². The Morgan fingerprint density at radius 3 is 2.50 bits per heavy atom. The predicted octanol–water partition coefficient (Wildman–Crippen LogP) is 4.89. The molecule has 0 aliphatic heterocycles. The molecule has 1 saturated carbocycles. The van der Waals surface area contributed by atoms with Crippen LogP contribution in [-0.2, 0) is 0 Å². The van der Waals surface area contributed by atoms with E-state index in [0.717, 1.165) is 23.7 Å². The highest BCUT2D eigenvalue weighted by Crippen LogP contribution is 2.41. The molecule has 14 heavy (non-hydrogen) atoms. The van der Waals surface area contributed by atoms with E-state index in [0.29, 0.717) is 0 Å². The fourth-order valence-corrected chi connectivity index (χ4v) is 3.28. The summed E-state index contributed by atoms with van der Waals surface area (Å²) < 4.78 is 0. The van der Waals surface area contributed by atoms with Crippen molar-refractivity contribution in [3.05, 3.63) is 0 Å². The van der Waals surface area contributed by atoms with Crippen LogP contribution in [0.25, 0.3) is 0 Å². The summed E-state index contributed by atoms with van der Waals surface area (Å²) in [4.78, 5) is 0. The maximum atomic E-state index is 2.46. The van der Waals surface area contributed by atoms with Crippen molar-refractivity contribution in [2.45, 2.75) is 66.2 Å². The first-order valence-corrected chi connectivity index (χ1v) is 6.69. The molecule has 0 N–H and O–H groups in total. The molecule has 1 fully saturated rings. The van der Waals surface area contributed by atoms with E-state index in [4.69, 9.17) is 0 Å². The second-order valence-electron chi connectivity index (χ2n) is 5.52. The third-order valence-electron chi connectivity index (χ3n) is 4.34. The van der Waals surface area contributed by atoms with Gasteiger partial charge in [0.1, 0.15) is 0 Å². The van der Waals surface area contributed by atoms with Gasteiger partial charge in [0, 0.05) is 0 Å². The largest absolute Gasteiger partial charge is 0.0654 e. The van der Waals surface area contributed by atoms with Gasteiger partial charge in [-0.1, -0.05) is 53.4 Å². The Bertz CT molecular complexity index is 150. The van der Waals surface area contributed by atoms with E-state index >= 15 is 0 Å². The van der Waals surface area contributed by atoms with Gasteiger partial charge in [-0.15, -0.1) is 0 Å². The summed E-state index contributed by atoms with van der Waals surface area (Å²) >= 11 is 0. The SMILES string of the molecule is CCCC1CC(C)CCC1C(C)CC. The van der Waals surface area contributed by atoms with Crippen LogP contribution >= 0.6 is 0 Å². The monoisotopic (exact) mass is 196 g/mol. The van der Waals surface area contributed by atoms with E-state index in [1.165, 1.54) is 38.5 Å². The summed E-state index contributed by atoms with van der Waals surface area (Å²) in [6, 6.07) is 0. The van der Waals surface area contributed by atoms with Gasteiger partial charge in [-0.3, -0.25) is 0 Å². The quantitative estimate of drug-likeness (QED) is 0.601. The van der Waals surface area contributed by atoms with Gasteiger partial charge in [0.25, 0.3) is 0 Å². The molecule has 4 unspecified atom stereocenters. The second-order valence-corrected chi connectivity index (χ2v) is 5.52. The van der Waals surface area contributed by atoms with E-state index in [2.05, 4.69) is 27.7 Å². The molecule has 84 valence electrons. The topological polar surface area (TPSA) is 0 Å². The highest BCUT2D eigenvalue weighted by molar-refractivity contribution is 4.81. The van der Waals surface area contributed by atoms with E-state index in [1.807, 2.05) is 0 Å². The van der Waals surface area contributed by atoms with Crippen molar-refractivity contribution in [2.24, 2.45) is 23.7 Å². The molecule has 0 radical (unpaired) electrons. The Balaban J connectivity index is 2.52. The normalized spacial score (nSPS) is 35.6. The summed E-state index contributed by atoms with van der Waals surface area (Å²) in [5.41, 5.74) is 0. The molecular formula is C14H28. The van der Waals surface area contributed by atoms with Crippen LogP contribution in [0.2, 0.25) is 0 Å². The van der Waals surface area contributed by atoms with Crippen molar-refractivity contribution in [3.8, 4) is 0 Å². The Hall–Kier alpha value is 0. The van der Waals surface area contributed by atoms with Crippen LogP contribution in [0.4, 0.5) is 0 Å². The smallest absolute Gasteiger partial charge is 0.0360 e. The summed E-state index contributed by atoms with van der Waals surface area (Å²) in [7, 11) is 0. The summed E-state index contributed by atoms with van der Waals surface area (Å²) in [6.45, 7) is 9.59. The maximum Gasteiger partial charge on any atom is -0.0360 e. The van der Waals surface area contributed by atoms with E-state index < -0.39 is 0 Å². The van der Waals surface area contributed by atoms with Gasteiger partial charge in [0.05, 0.1) is 0 Å². The Morgan fingerprint density at radius 2 is 1.93 bits per heavy atom. The molecule has 0 heterocycles.